The predicted molar refractivity (Wildman–Crippen MR) is 85.7 cm³/mol. The highest BCUT2D eigenvalue weighted by Crippen LogP contribution is 2.23. The summed E-state index contributed by atoms with van der Waals surface area (Å²) in [5.74, 6) is -0.170. The summed E-state index contributed by atoms with van der Waals surface area (Å²) in [7, 11) is 0. The molecule has 0 spiro atoms. The van der Waals surface area contributed by atoms with Crippen molar-refractivity contribution in [3.05, 3.63) is 65.0 Å². The summed E-state index contributed by atoms with van der Waals surface area (Å²) in [5.41, 5.74) is 4.03. The first-order valence-electron chi connectivity index (χ1n) is 7.52. The molecule has 3 rings (SSSR count). The third-order valence-electron chi connectivity index (χ3n) is 4.02. The number of ketones is 1. The molecule has 0 saturated heterocycles. The predicted octanol–water partition coefficient (Wildman–Crippen LogP) is 3.15. The molecule has 22 heavy (non-hydrogen) atoms. The van der Waals surface area contributed by atoms with Crippen molar-refractivity contribution in [1.82, 2.24) is 5.32 Å². The molecule has 0 bridgehead atoms. The Morgan fingerprint density at radius 1 is 1.27 bits per heavy atom. The van der Waals surface area contributed by atoms with Crippen LogP contribution in [0.25, 0.3) is 0 Å². The number of fused-ring (bicyclic) bond motifs is 1. The van der Waals surface area contributed by atoms with Gasteiger partial charge in [-0.25, -0.2) is 4.39 Å². The van der Waals surface area contributed by atoms with Crippen LogP contribution in [0.3, 0.4) is 0 Å². The third-order valence-corrected chi connectivity index (χ3v) is 4.02. The number of carbonyl (C=O) groups is 1. The van der Waals surface area contributed by atoms with E-state index in [0.717, 1.165) is 29.8 Å². The summed E-state index contributed by atoms with van der Waals surface area (Å²) in [6.07, 6.45) is 0.966. The van der Waals surface area contributed by atoms with Gasteiger partial charge in [0.05, 0.1) is 6.04 Å². The van der Waals surface area contributed by atoms with Crippen LogP contribution in [0.15, 0.2) is 42.5 Å². The molecule has 4 heteroatoms. The Hall–Kier alpha value is -2.20. The molecule has 0 radical (unpaired) electrons. The topological polar surface area (TPSA) is 41.1 Å². The smallest absolute Gasteiger partial charge is 0.179 e. The van der Waals surface area contributed by atoms with E-state index in [9.17, 15) is 9.18 Å². The van der Waals surface area contributed by atoms with Gasteiger partial charge in [-0.1, -0.05) is 12.1 Å². The summed E-state index contributed by atoms with van der Waals surface area (Å²) in [6.45, 7) is 3.34. The zero-order valence-electron chi connectivity index (χ0n) is 12.5. The number of carbonyl (C=O) groups excluding carboxylic acids is 1. The molecule has 0 aromatic heterocycles. The van der Waals surface area contributed by atoms with Gasteiger partial charge >= 0.3 is 0 Å². The Morgan fingerprint density at radius 2 is 2.05 bits per heavy atom. The van der Waals surface area contributed by atoms with Gasteiger partial charge in [-0.15, -0.1) is 0 Å². The van der Waals surface area contributed by atoms with Gasteiger partial charge < -0.3 is 10.6 Å². The average Bonchev–Trinajstić information content (AvgIpc) is 3.00. The van der Waals surface area contributed by atoms with E-state index in [1.807, 2.05) is 25.1 Å². The van der Waals surface area contributed by atoms with E-state index < -0.39 is 0 Å². The average molecular weight is 298 g/mol. The number of halogens is 1. The van der Waals surface area contributed by atoms with Gasteiger partial charge in [0.15, 0.2) is 5.78 Å². The van der Waals surface area contributed by atoms with Gasteiger partial charge in [0, 0.05) is 24.3 Å². The first-order chi connectivity index (χ1) is 10.6. The van der Waals surface area contributed by atoms with E-state index in [1.54, 1.807) is 12.1 Å². The lowest BCUT2D eigenvalue weighted by Gasteiger charge is -2.13. The lowest BCUT2D eigenvalue weighted by molar-refractivity contribution is 0.0950. The maximum absolute atomic E-state index is 12.9. The van der Waals surface area contributed by atoms with E-state index in [-0.39, 0.29) is 17.6 Å². The van der Waals surface area contributed by atoms with Crippen LogP contribution in [0.1, 0.15) is 28.4 Å². The second-order valence-corrected chi connectivity index (χ2v) is 5.64. The summed E-state index contributed by atoms with van der Waals surface area (Å²) in [4.78, 5) is 12.5. The molecule has 2 aromatic rings. The van der Waals surface area contributed by atoms with Gasteiger partial charge in [0.2, 0.25) is 0 Å². The van der Waals surface area contributed by atoms with Crippen molar-refractivity contribution in [2.75, 3.05) is 11.9 Å². The first kappa shape index (κ1) is 14.7. The highest BCUT2D eigenvalue weighted by Gasteiger charge is 2.17. The molecule has 1 atom stereocenters. The molecule has 1 heterocycles. The van der Waals surface area contributed by atoms with E-state index in [4.69, 9.17) is 0 Å². The van der Waals surface area contributed by atoms with Crippen LogP contribution in [-0.2, 0) is 13.0 Å². The fourth-order valence-corrected chi connectivity index (χ4v) is 2.67. The van der Waals surface area contributed by atoms with Gasteiger partial charge in [-0.3, -0.25) is 4.79 Å². The van der Waals surface area contributed by atoms with Crippen molar-refractivity contribution in [3.63, 3.8) is 0 Å². The van der Waals surface area contributed by atoms with Crippen molar-refractivity contribution < 1.29 is 9.18 Å². The first-order valence-corrected chi connectivity index (χ1v) is 7.52. The molecular weight excluding hydrogens is 279 g/mol. The molecule has 114 valence electrons. The fraction of sp³-hybridized carbons (Fsp3) is 0.278. The Morgan fingerprint density at radius 3 is 2.82 bits per heavy atom. The summed E-state index contributed by atoms with van der Waals surface area (Å²) in [6, 6.07) is 11.8. The molecule has 0 saturated carbocycles. The molecule has 0 aliphatic carbocycles. The normalized spacial score (nSPS) is 14.3. The number of anilines is 1. The van der Waals surface area contributed by atoms with Gasteiger partial charge in [0.25, 0.3) is 0 Å². The largest absolute Gasteiger partial charge is 0.384 e. The van der Waals surface area contributed by atoms with Crippen LogP contribution < -0.4 is 10.6 Å². The number of benzene rings is 2. The Kier molecular flexibility index (Phi) is 4.20. The summed E-state index contributed by atoms with van der Waals surface area (Å²) < 4.78 is 12.9. The Labute approximate surface area is 129 Å². The summed E-state index contributed by atoms with van der Waals surface area (Å²) >= 11 is 0. The number of nitrogens with one attached hydrogen (secondary N) is 2. The SMILES string of the molecule is CC(NCc1ccc(F)cc1)C(=O)c1ccc2c(c1)CCN2. The van der Waals surface area contributed by atoms with Gasteiger partial charge in [-0.2, -0.15) is 0 Å². The van der Waals surface area contributed by atoms with E-state index in [2.05, 4.69) is 10.6 Å². The molecule has 1 aliphatic heterocycles. The second-order valence-electron chi connectivity index (χ2n) is 5.64. The Bertz CT molecular complexity index is 682. The molecule has 1 unspecified atom stereocenters. The molecule has 2 aromatic carbocycles. The quantitative estimate of drug-likeness (QED) is 0.833. The van der Waals surface area contributed by atoms with Crippen LogP contribution in [0, 0.1) is 5.82 Å². The standard InChI is InChI=1S/C18H19FN2O/c1-12(21-11-13-2-5-16(19)6-3-13)18(22)15-4-7-17-14(10-15)8-9-20-17/h2-7,10,12,20-21H,8-9,11H2,1H3. The van der Waals surface area contributed by atoms with E-state index in [1.165, 1.54) is 17.7 Å². The molecule has 0 amide bonds. The number of Topliss-reactive ketones (excluding diaryl/α,β-unsaturated/α-hetero) is 1. The van der Waals surface area contributed by atoms with Crippen molar-refractivity contribution >= 4 is 11.5 Å². The minimum absolute atomic E-state index is 0.0804. The minimum atomic E-state index is -0.280. The summed E-state index contributed by atoms with van der Waals surface area (Å²) in [5, 5.41) is 6.49. The van der Waals surface area contributed by atoms with Crippen molar-refractivity contribution in [1.29, 1.82) is 0 Å². The maximum atomic E-state index is 12.9. The lowest BCUT2D eigenvalue weighted by Crippen LogP contribution is -2.33. The van der Waals surface area contributed by atoms with E-state index in [0.29, 0.717) is 6.54 Å². The van der Waals surface area contributed by atoms with Crippen LogP contribution in [0.4, 0.5) is 10.1 Å². The number of hydrogen-bond acceptors (Lipinski definition) is 3. The van der Waals surface area contributed by atoms with Crippen molar-refractivity contribution in [3.8, 4) is 0 Å². The van der Waals surface area contributed by atoms with Gasteiger partial charge in [-0.05, 0) is 54.8 Å². The van der Waals surface area contributed by atoms with Crippen molar-refractivity contribution in [2.24, 2.45) is 0 Å². The van der Waals surface area contributed by atoms with Gasteiger partial charge in [0.1, 0.15) is 5.82 Å². The number of rotatable bonds is 5. The molecule has 2 N–H and O–H groups in total. The fourth-order valence-electron chi connectivity index (χ4n) is 2.67. The highest BCUT2D eigenvalue weighted by molar-refractivity contribution is 6.00. The maximum Gasteiger partial charge on any atom is 0.179 e. The molecular formula is C18H19FN2O. The van der Waals surface area contributed by atoms with Crippen LogP contribution >= 0.6 is 0 Å². The second kappa shape index (κ2) is 6.28. The third kappa shape index (κ3) is 3.17. The molecule has 3 nitrogen and oxygen atoms in total. The van der Waals surface area contributed by atoms with Crippen LogP contribution in [0.5, 0.6) is 0 Å². The zero-order valence-corrected chi connectivity index (χ0v) is 12.5. The van der Waals surface area contributed by atoms with Crippen LogP contribution in [-0.4, -0.2) is 18.4 Å². The molecule has 1 aliphatic rings. The monoisotopic (exact) mass is 298 g/mol. The lowest BCUT2D eigenvalue weighted by atomic mass is 10.0. The highest BCUT2D eigenvalue weighted by atomic mass is 19.1. The van der Waals surface area contributed by atoms with Crippen LogP contribution in [0.2, 0.25) is 0 Å². The van der Waals surface area contributed by atoms with Crippen molar-refractivity contribution in [2.45, 2.75) is 25.9 Å². The minimum Gasteiger partial charge on any atom is -0.384 e. The number of hydrogen-bond donors (Lipinski definition) is 2. The Balaban J connectivity index is 1.63. The molecule has 0 fully saturated rings. The van der Waals surface area contributed by atoms with E-state index >= 15 is 0 Å². The zero-order chi connectivity index (χ0) is 15.5.